The molecule has 214 valence electrons. The van der Waals surface area contributed by atoms with Crippen molar-refractivity contribution in [2.24, 2.45) is 0 Å². The van der Waals surface area contributed by atoms with E-state index in [0.29, 0.717) is 23.9 Å². The zero-order chi connectivity index (χ0) is 29.1. The first-order valence-corrected chi connectivity index (χ1v) is 15.9. The molecule has 0 saturated carbocycles. The fraction of sp³-hybridized carbons (Fsp3) is 0.310. The molecule has 0 unspecified atom stereocenters. The highest BCUT2D eigenvalue weighted by Crippen LogP contribution is 2.31. The molecule has 2 N–H and O–H groups in total. The number of anilines is 2. The number of hydrogen-bond acceptors (Lipinski definition) is 7. The van der Waals surface area contributed by atoms with E-state index in [2.05, 4.69) is 9.44 Å². The molecule has 4 aromatic rings. The second kappa shape index (κ2) is 12.1. The van der Waals surface area contributed by atoms with E-state index in [4.69, 9.17) is 0 Å². The van der Waals surface area contributed by atoms with Crippen molar-refractivity contribution in [1.29, 1.82) is 0 Å². The molecule has 0 amide bonds. The molecule has 0 aliphatic carbocycles. The Labute approximate surface area is 237 Å². The second-order valence-electron chi connectivity index (χ2n) is 10.1. The van der Waals surface area contributed by atoms with Crippen molar-refractivity contribution in [1.82, 2.24) is 14.3 Å². The molecule has 0 fully saturated rings. The molecule has 0 heterocycles. The van der Waals surface area contributed by atoms with Crippen molar-refractivity contribution in [2.75, 3.05) is 71.2 Å². The van der Waals surface area contributed by atoms with Gasteiger partial charge in [-0.15, -0.1) is 0 Å². The summed E-state index contributed by atoms with van der Waals surface area (Å²) in [5, 5.41) is 3.05. The quantitative estimate of drug-likeness (QED) is 0.264. The predicted molar refractivity (Wildman–Crippen MR) is 164 cm³/mol. The number of nitrogens with one attached hydrogen (secondary N) is 2. The fourth-order valence-corrected chi connectivity index (χ4v) is 7.27. The highest BCUT2D eigenvalue weighted by Gasteiger charge is 2.20. The van der Waals surface area contributed by atoms with Crippen LogP contribution in [0.3, 0.4) is 0 Å². The molecule has 9 nitrogen and oxygen atoms in total. The molecule has 0 bridgehead atoms. The first kappa shape index (κ1) is 29.8. The summed E-state index contributed by atoms with van der Waals surface area (Å²) in [5.41, 5.74) is 1.89. The van der Waals surface area contributed by atoms with Gasteiger partial charge in [0.05, 0.1) is 9.79 Å². The summed E-state index contributed by atoms with van der Waals surface area (Å²) in [6.45, 7) is 1.20. The van der Waals surface area contributed by atoms with Crippen molar-refractivity contribution in [3.63, 3.8) is 0 Å². The van der Waals surface area contributed by atoms with Crippen LogP contribution in [-0.4, -0.2) is 83.2 Å². The summed E-state index contributed by atoms with van der Waals surface area (Å²) in [7, 11) is 2.03. The molecular weight excluding hydrogens is 546 g/mol. The summed E-state index contributed by atoms with van der Waals surface area (Å²) in [5.74, 6) is 0. The molecule has 4 aromatic carbocycles. The van der Waals surface area contributed by atoms with Crippen LogP contribution in [0, 0.1) is 0 Å². The zero-order valence-corrected chi connectivity index (χ0v) is 25.2. The van der Waals surface area contributed by atoms with Gasteiger partial charge in [-0.2, -0.15) is 0 Å². The summed E-state index contributed by atoms with van der Waals surface area (Å²) in [6, 6.07) is 21.8. The minimum Gasteiger partial charge on any atom is -0.377 e. The van der Waals surface area contributed by atoms with Gasteiger partial charge < -0.3 is 14.7 Å². The van der Waals surface area contributed by atoms with E-state index >= 15 is 0 Å². The normalized spacial score (nSPS) is 12.3. The van der Waals surface area contributed by atoms with Gasteiger partial charge in [-0.25, -0.2) is 26.3 Å². The van der Waals surface area contributed by atoms with Crippen LogP contribution < -0.4 is 19.2 Å². The molecule has 0 radical (unpaired) electrons. The van der Waals surface area contributed by atoms with E-state index in [-0.39, 0.29) is 22.9 Å². The third-order valence-corrected chi connectivity index (χ3v) is 9.87. The Morgan fingerprint density at radius 1 is 0.525 bits per heavy atom. The molecule has 0 atom stereocenters. The largest absolute Gasteiger partial charge is 0.377 e. The molecule has 0 saturated heterocycles. The summed E-state index contributed by atoms with van der Waals surface area (Å²) in [6.07, 6.45) is 0. The van der Waals surface area contributed by atoms with Gasteiger partial charge in [0.15, 0.2) is 0 Å². The maximum atomic E-state index is 13.1. The number of nitrogens with zero attached hydrogens (tertiary/aromatic N) is 3. The van der Waals surface area contributed by atoms with Gasteiger partial charge in [0.2, 0.25) is 20.0 Å². The lowest BCUT2D eigenvalue weighted by atomic mass is 10.1. The second-order valence-corrected chi connectivity index (χ2v) is 13.6. The summed E-state index contributed by atoms with van der Waals surface area (Å²) < 4.78 is 58.0. The molecule has 0 aliphatic rings. The lowest BCUT2D eigenvalue weighted by Gasteiger charge is -2.19. The number of rotatable bonds is 12. The zero-order valence-electron chi connectivity index (χ0n) is 23.5. The summed E-state index contributed by atoms with van der Waals surface area (Å²) in [4.78, 5) is 6.26. The van der Waals surface area contributed by atoms with E-state index in [1.165, 1.54) is 0 Å². The highest BCUT2D eigenvalue weighted by molar-refractivity contribution is 7.90. The van der Waals surface area contributed by atoms with Crippen LogP contribution in [0.2, 0.25) is 0 Å². The molecule has 0 spiro atoms. The van der Waals surface area contributed by atoms with Gasteiger partial charge in [-0.3, -0.25) is 0 Å². The van der Waals surface area contributed by atoms with E-state index in [9.17, 15) is 16.8 Å². The number of sulfonamides is 2. The fourth-order valence-electron chi connectivity index (χ4n) is 4.79. The first-order chi connectivity index (χ1) is 18.9. The average molecular weight is 584 g/mol. The molecule has 40 heavy (non-hydrogen) atoms. The predicted octanol–water partition coefficient (Wildman–Crippen LogP) is 3.31. The number of likely N-dealkylation sites (N-methyl/N-ethyl adjacent to an activating group) is 1. The van der Waals surface area contributed by atoms with Crippen molar-refractivity contribution in [3.8, 4) is 0 Å². The van der Waals surface area contributed by atoms with Crippen LogP contribution in [0.5, 0.6) is 0 Å². The van der Waals surface area contributed by atoms with Crippen LogP contribution in [0.25, 0.3) is 21.5 Å². The van der Waals surface area contributed by atoms with Crippen molar-refractivity contribution >= 4 is 53.0 Å². The summed E-state index contributed by atoms with van der Waals surface area (Å²) >= 11 is 0. The maximum absolute atomic E-state index is 13.1. The Hall–Kier alpha value is -3.22. The average Bonchev–Trinajstić information content (AvgIpc) is 2.91. The molecular formula is C29H37N5O4S2. The van der Waals surface area contributed by atoms with Crippen molar-refractivity contribution in [2.45, 2.75) is 9.79 Å². The Kier molecular flexibility index (Phi) is 9.01. The SMILES string of the molecule is CN(CCNS(=O)(=O)c1cccc2c(N(C)C)cccc12)CCNS(=O)(=O)c1cccc2c(N(C)C)cccc12. The maximum Gasteiger partial charge on any atom is 0.241 e. The molecule has 0 aliphatic heterocycles. The van der Waals surface area contributed by atoms with Gasteiger partial charge >= 0.3 is 0 Å². The Morgan fingerprint density at radius 3 is 1.25 bits per heavy atom. The van der Waals surface area contributed by atoms with Crippen LogP contribution in [0.15, 0.2) is 82.6 Å². The Balaban J connectivity index is 1.36. The van der Waals surface area contributed by atoms with Gasteiger partial charge in [-0.1, -0.05) is 48.5 Å². The van der Waals surface area contributed by atoms with Crippen LogP contribution in [-0.2, 0) is 20.0 Å². The Bertz CT molecular complexity index is 1590. The Morgan fingerprint density at radius 2 is 0.875 bits per heavy atom. The molecule has 11 heteroatoms. The minimum absolute atomic E-state index is 0.186. The smallest absolute Gasteiger partial charge is 0.241 e. The number of hydrogen-bond donors (Lipinski definition) is 2. The topological polar surface area (TPSA) is 102 Å². The lowest BCUT2D eigenvalue weighted by Crippen LogP contribution is -2.37. The number of benzene rings is 4. The van der Waals surface area contributed by atoms with Gasteiger partial charge in [0.1, 0.15) is 0 Å². The van der Waals surface area contributed by atoms with Crippen LogP contribution in [0.1, 0.15) is 0 Å². The third-order valence-electron chi connectivity index (χ3n) is 6.83. The standard InChI is InChI=1S/C29H37N5O4S2/c1-32(2)26-14-6-12-24-22(26)10-8-16-28(24)39(35,36)30-18-20-34(5)21-19-31-40(37,38)29-17-9-11-23-25(29)13-7-15-27(23)33(3)4/h6-17,30-31H,18-21H2,1-5H3. The van der Waals surface area contributed by atoms with Crippen molar-refractivity contribution in [3.05, 3.63) is 72.8 Å². The minimum atomic E-state index is -3.75. The van der Waals surface area contributed by atoms with Gasteiger partial charge in [-0.05, 0) is 31.3 Å². The third kappa shape index (κ3) is 6.39. The highest BCUT2D eigenvalue weighted by atomic mass is 32.2. The first-order valence-electron chi connectivity index (χ1n) is 13.0. The monoisotopic (exact) mass is 583 g/mol. The van der Waals surface area contributed by atoms with E-state index < -0.39 is 20.0 Å². The van der Waals surface area contributed by atoms with E-state index in [1.54, 1.807) is 24.3 Å². The van der Waals surface area contributed by atoms with Crippen LogP contribution in [0.4, 0.5) is 11.4 Å². The molecule has 4 rings (SSSR count). The van der Waals surface area contributed by atoms with Gasteiger partial charge in [0, 0.05) is 87.3 Å². The van der Waals surface area contributed by atoms with Crippen molar-refractivity contribution < 1.29 is 16.8 Å². The lowest BCUT2D eigenvalue weighted by molar-refractivity contribution is 0.344. The number of fused-ring (bicyclic) bond motifs is 2. The van der Waals surface area contributed by atoms with E-state index in [1.807, 2.05) is 98.5 Å². The molecule has 0 aromatic heterocycles. The van der Waals surface area contributed by atoms with E-state index in [0.717, 1.165) is 22.1 Å². The van der Waals surface area contributed by atoms with Gasteiger partial charge in [0.25, 0.3) is 0 Å². The van der Waals surface area contributed by atoms with Crippen LogP contribution >= 0.6 is 0 Å².